The number of aliphatic carboxylic acids is 2. The van der Waals surface area contributed by atoms with E-state index < -0.39 is 22.8 Å². The second kappa shape index (κ2) is 10.5. The smallest absolute Gasteiger partial charge is 0.309 e. The van der Waals surface area contributed by atoms with Crippen LogP contribution in [-0.4, -0.2) is 27.3 Å². The number of hydrogen-bond donors (Lipinski definition) is 3. The Balaban J connectivity index is 2.36. The third-order valence-electron chi connectivity index (χ3n) is 5.57. The Morgan fingerprint density at radius 3 is 1.79 bits per heavy atom. The zero-order valence-corrected chi connectivity index (χ0v) is 17.8. The summed E-state index contributed by atoms with van der Waals surface area (Å²) in [5.74, 6) is -1.22. The van der Waals surface area contributed by atoms with Gasteiger partial charge in [0.25, 0.3) is 0 Å². The molecule has 1 aromatic carbocycles. The van der Waals surface area contributed by atoms with Gasteiger partial charge in [0.15, 0.2) is 0 Å². The van der Waals surface area contributed by atoms with Crippen molar-refractivity contribution in [3.8, 4) is 5.75 Å². The number of carbonyl (C=O) groups is 2. The van der Waals surface area contributed by atoms with E-state index in [1.54, 1.807) is 27.7 Å². The number of aromatic hydroxyl groups is 1. The van der Waals surface area contributed by atoms with Crippen molar-refractivity contribution in [2.45, 2.75) is 85.5 Å². The quantitative estimate of drug-likeness (QED) is 0.389. The summed E-state index contributed by atoms with van der Waals surface area (Å²) in [7, 11) is 0. The summed E-state index contributed by atoms with van der Waals surface area (Å²) < 4.78 is 0. The van der Waals surface area contributed by atoms with Crippen molar-refractivity contribution in [1.29, 1.82) is 0 Å². The molecule has 0 bridgehead atoms. The van der Waals surface area contributed by atoms with Gasteiger partial charge >= 0.3 is 11.9 Å². The van der Waals surface area contributed by atoms with E-state index >= 15 is 0 Å². The first-order valence-corrected chi connectivity index (χ1v) is 10.2. The van der Waals surface area contributed by atoms with E-state index in [2.05, 4.69) is 0 Å². The number of carboxylic acids is 2. The van der Waals surface area contributed by atoms with E-state index in [9.17, 15) is 14.7 Å². The lowest BCUT2D eigenvalue weighted by Crippen LogP contribution is -2.23. The largest absolute Gasteiger partial charge is 0.508 e. The molecule has 28 heavy (non-hydrogen) atoms. The van der Waals surface area contributed by atoms with Gasteiger partial charge in [-0.1, -0.05) is 31.4 Å². The molecule has 1 rings (SSSR count). The molecule has 5 nitrogen and oxygen atoms in total. The van der Waals surface area contributed by atoms with Crippen molar-refractivity contribution in [3.05, 3.63) is 29.3 Å². The molecule has 3 N–H and O–H groups in total. The van der Waals surface area contributed by atoms with E-state index in [-0.39, 0.29) is 0 Å². The summed E-state index contributed by atoms with van der Waals surface area (Å²) in [5, 5.41) is 28.5. The zero-order chi connectivity index (χ0) is 21.4. The van der Waals surface area contributed by atoms with E-state index in [0.29, 0.717) is 18.6 Å². The van der Waals surface area contributed by atoms with Gasteiger partial charge in [0.2, 0.25) is 0 Å². The van der Waals surface area contributed by atoms with Gasteiger partial charge in [0.05, 0.1) is 10.8 Å². The standard InChI is InChI=1S/C23H36O5/c1-22(2,20(25)26)14-8-5-6-10-17-12-13-18(19(24)16-17)11-7-9-15-23(3,4)21(27)28/h12-13,16,24H,5-11,14-15H2,1-4H3,(H,25,26)(H,27,28). The molecule has 0 heterocycles. The Hall–Kier alpha value is -2.04. The monoisotopic (exact) mass is 392 g/mol. The van der Waals surface area contributed by atoms with E-state index in [0.717, 1.165) is 56.1 Å². The third-order valence-corrected chi connectivity index (χ3v) is 5.57. The molecular formula is C23H36O5. The Kier molecular flexibility index (Phi) is 8.99. The van der Waals surface area contributed by atoms with Crippen molar-refractivity contribution >= 4 is 11.9 Å². The van der Waals surface area contributed by atoms with Crippen molar-refractivity contribution in [2.75, 3.05) is 0 Å². The Labute approximate surface area is 168 Å². The molecule has 0 spiro atoms. The highest BCUT2D eigenvalue weighted by Crippen LogP contribution is 2.27. The predicted octanol–water partition coefficient (Wildman–Crippen LogP) is 5.43. The maximum atomic E-state index is 11.1. The maximum Gasteiger partial charge on any atom is 0.309 e. The SMILES string of the molecule is CC(C)(CCCCCc1ccc(CCCCC(C)(C)C(=O)O)c(O)c1)C(=O)O. The first-order chi connectivity index (χ1) is 13.0. The van der Waals surface area contributed by atoms with Crippen molar-refractivity contribution in [3.63, 3.8) is 0 Å². The van der Waals surface area contributed by atoms with Crippen LogP contribution in [0, 0.1) is 10.8 Å². The van der Waals surface area contributed by atoms with Gasteiger partial charge in [-0.05, 0) is 83.4 Å². The zero-order valence-electron chi connectivity index (χ0n) is 17.8. The number of phenolic OH excluding ortho intramolecular Hbond substituents is 1. The minimum absolute atomic E-state index is 0.307. The van der Waals surface area contributed by atoms with Gasteiger partial charge in [0, 0.05) is 0 Å². The van der Waals surface area contributed by atoms with Crippen LogP contribution in [0.2, 0.25) is 0 Å². The summed E-state index contributed by atoms with van der Waals surface area (Å²) in [6, 6.07) is 5.82. The van der Waals surface area contributed by atoms with Crippen molar-refractivity contribution < 1.29 is 24.9 Å². The first kappa shape index (κ1) is 24.0. The molecule has 0 aliphatic rings. The summed E-state index contributed by atoms with van der Waals surface area (Å²) >= 11 is 0. The van der Waals surface area contributed by atoms with Crippen molar-refractivity contribution in [2.24, 2.45) is 10.8 Å². The normalized spacial score (nSPS) is 12.1. The molecule has 5 heteroatoms. The van der Waals surface area contributed by atoms with Gasteiger partial charge in [-0.25, -0.2) is 0 Å². The average molecular weight is 393 g/mol. The minimum Gasteiger partial charge on any atom is -0.508 e. The van der Waals surface area contributed by atoms with Gasteiger partial charge in [-0.3, -0.25) is 9.59 Å². The predicted molar refractivity (Wildman–Crippen MR) is 111 cm³/mol. The maximum absolute atomic E-state index is 11.1. The average Bonchev–Trinajstić information content (AvgIpc) is 2.59. The molecule has 0 saturated carbocycles. The van der Waals surface area contributed by atoms with E-state index in [1.807, 2.05) is 18.2 Å². The van der Waals surface area contributed by atoms with E-state index in [4.69, 9.17) is 10.2 Å². The van der Waals surface area contributed by atoms with Crippen LogP contribution >= 0.6 is 0 Å². The Morgan fingerprint density at radius 2 is 1.29 bits per heavy atom. The lowest BCUT2D eigenvalue weighted by Gasteiger charge is -2.18. The summed E-state index contributed by atoms with van der Waals surface area (Å²) in [5.41, 5.74) is 0.622. The fraction of sp³-hybridized carbons (Fsp3) is 0.652. The lowest BCUT2D eigenvalue weighted by atomic mass is 9.86. The van der Waals surface area contributed by atoms with Crippen molar-refractivity contribution in [1.82, 2.24) is 0 Å². The van der Waals surface area contributed by atoms with Crippen LogP contribution in [0.1, 0.15) is 83.8 Å². The number of rotatable bonds is 13. The highest BCUT2D eigenvalue weighted by Gasteiger charge is 2.26. The van der Waals surface area contributed by atoms with Crippen LogP contribution in [0.4, 0.5) is 0 Å². The van der Waals surface area contributed by atoms with Crippen LogP contribution in [0.3, 0.4) is 0 Å². The highest BCUT2D eigenvalue weighted by molar-refractivity contribution is 5.73. The summed E-state index contributed by atoms with van der Waals surface area (Å²) in [6.07, 6.45) is 7.40. The molecular weight excluding hydrogens is 356 g/mol. The molecule has 0 unspecified atom stereocenters. The molecule has 0 radical (unpaired) electrons. The van der Waals surface area contributed by atoms with Crippen LogP contribution in [0.15, 0.2) is 18.2 Å². The van der Waals surface area contributed by atoms with Gasteiger partial charge < -0.3 is 15.3 Å². The highest BCUT2D eigenvalue weighted by atomic mass is 16.4. The number of aryl methyl sites for hydroxylation is 2. The van der Waals surface area contributed by atoms with Crippen LogP contribution in [0.25, 0.3) is 0 Å². The number of benzene rings is 1. The van der Waals surface area contributed by atoms with E-state index in [1.165, 1.54) is 0 Å². The first-order valence-electron chi connectivity index (χ1n) is 10.2. The fourth-order valence-electron chi connectivity index (χ4n) is 3.15. The fourth-order valence-corrected chi connectivity index (χ4v) is 3.15. The molecule has 0 atom stereocenters. The summed E-state index contributed by atoms with van der Waals surface area (Å²) in [4.78, 5) is 22.2. The Morgan fingerprint density at radius 1 is 0.786 bits per heavy atom. The number of hydrogen-bond acceptors (Lipinski definition) is 3. The number of unbranched alkanes of at least 4 members (excludes halogenated alkanes) is 3. The van der Waals surface area contributed by atoms with Gasteiger partial charge in [0.1, 0.15) is 5.75 Å². The molecule has 0 saturated heterocycles. The topological polar surface area (TPSA) is 94.8 Å². The van der Waals surface area contributed by atoms with Crippen LogP contribution in [-0.2, 0) is 22.4 Å². The number of carboxylic acid groups (broad SMARTS) is 2. The molecule has 158 valence electrons. The molecule has 0 fully saturated rings. The Bertz CT molecular complexity index is 661. The summed E-state index contributed by atoms with van der Waals surface area (Å²) in [6.45, 7) is 7.00. The minimum atomic E-state index is -0.772. The van der Waals surface area contributed by atoms with Crippen LogP contribution < -0.4 is 0 Å². The van der Waals surface area contributed by atoms with Crippen LogP contribution in [0.5, 0.6) is 5.75 Å². The molecule has 0 aromatic heterocycles. The molecule has 0 aliphatic heterocycles. The third kappa shape index (κ3) is 7.91. The molecule has 1 aromatic rings. The molecule has 0 amide bonds. The second-order valence-electron chi connectivity index (χ2n) is 9.11. The lowest BCUT2D eigenvalue weighted by molar-refractivity contribution is -0.148. The van der Waals surface area contributed by atoms with Gasteiger partial charge in [-0.15, -0.1) is 0 Å². The molecule has 0 aliphatic carbocycles. The second-order valence-corrected chi connectivity index (χ2v) is 9.11. The number of phenols is 1. The van der Waals surface area contributed by atoms with Gasteiger partial charge in [-0.2, -0.15) is 0 Å².